The van der Waals surface area contributed by atoms with Crippen LogP contribution in [0.1, 0.15) is 23.2 Å². The van der Waals surface area contributed by atoms with Crippen molar-refractivity contribution in [2.75, 3.05) is 20.1 Å². The maximum Gasteiger partial charge on any atom is 0.115 e. The molecule has 1 saturated heterocycles. The summed E-state index contributed by atoms with van der Waals surface area (Å²) in [7, 11) is 2.07. The first kappa shape index (κ1) is 18.1. The standard InChI is InChI=1S/C23H23BrN2O2/c1-26-9-8-22(17-5-3-6-18(27)11-17)13-20-16(12-23(22,28)14-26)10-15-4-2-7-19(24)21(15)25-20/h2-7,10-11,27-28H,8-9,12-14H2,1H3/t22-,23-/m0/s1. The molecule has 2 heterocycles. The Balaban J connectivity index is 1.73. The summed E-state index contributed by atoms with van der Waals surface area (Å²) in [5.41, 5.74) is 2.79. The van der Waals surface area contributed by atoms with E-state index in [0.717, 1.165) is 45.2 Å². The number of fused-ring (bicyclic) bond motifs is 3. The zero-order chi connectivity index (χ0) is 19.5. The molecule has 1 aliphatic heterocycles. The van der Waals surface area contributed by atoms with Gasteiger partial charge >= 0.3 is 0 Å². The molecule has 2 aromatic carbocycles. The number of phenols is 1. The summed E-state index contributed by atoms with van der Waals surface area (Å²) in [6.07, 6.45) is 2.07. The highest BCUT2D eigenvalue weighted by Crippen LogP contribution is 2.50. The highest BCUT2D eigenvalue weighted by molar-refractivity contribution is 9.10. The zero-order valence-electron chi connectivity index (χ0n) is 15.8. The van der Waals surface area contributed by atoms with Crippen molar-refractivity contribution in [3.05, 3.63) is 69.8 Å². The number of rotatable bonds is 1. The quantitative estimate of drug-likeness (QED) is 0.606. The summed E-state index contributed by atoms with van der Waals surface area (Å²) in [4.78, 5) is 7.22. The number of benzene rings is 2. The summed E-state index contributed by atoms with van der Waals surface area (Å²) in [6, 6.07) is 15.7. The number of aliphatic hydroxyl groups is 1. The molecule has 2 atom stereocenters. The van der Waals surface area contributed by atoms with Crippen LogP contribution in [-0.2, 0) is 18.3 Å². The lowest BCUT2D eigenvalue weighted by atomic mass is 9.56. The number of aromatic nitrogens is 1. The maximum absolute atomic E-state index is 12.0. The Morgan fingerprint density at radius 1 is 1.11 bits per heavy atom. The second kappa shape index (κ2) is 6.28. The number of likely N-dealkylation sites (tertiary alicyclic amines) is 1. The molecule has 0 amide bonds. The van der Waals surface area contributed by atoms with Crippen LogP contribution in [0, 0.1) is 0 Å². The third-order valence-electron chi connectivity index (χ3n) is 6.66. The molecule has 28 heavy (non-hydrogen) atoms. The van der Waals surface area contributed by atoms with Crippen LogP contribution >= 0.6 is 15.9 Å². The molecule has 1 aliphatic carbocycles. The van der Waals surface area contributed by atoms with E-state index in [-0.39, 0.29) is 5.75 Å². The number of phenolic OH excluding ortho intramolecular Hbond substituents is 1. The molecule has 4 nitrogen and oxygen atoms in total. The van der Waals surface area contributed by atoms with Gasteiger partial charge in [-0.15, -0.1) is 0 Å². The van der Waals surface area contributed by atoms with Crippen molar-refractivity contribution >= 4 is 26.8 Å². The lowest BCUT2D eigenvalue weighted by Gasteiger charge is -2.56. The first-order valence-corrected chi connectivity index (χ1v) is 10.5. The van der Waals surface area contributed by atoms with Gasteiger partial charge in [-0.25, -0.2) is 0 Å². The average molecular weight is 439 g/mol. The number of β-amino-alcohol motifs (C(OH)–C–C–N with tert-alkyl or cyclic N) is 1. The SMILES string of the molecule is CN1CC[C@@]2(c3cccc(O)c3)Cc3nc4c(Br)cccc4cc3C[C@]2(O)C1. The Labute approximate surface area is 173 Å². The lowest BCUT2D eigenvalue weighted by Crippen LogP contribution is -2.66. The van der Waals surface area contributed by atoms with Crippen LogP contribution in [0.15, 0.2) is 53.0 Å². The Morgan fingerprint density at radius 3 is 2.75 bits per heavy atom. The third-order valence-corrected chi connectivity index (χ3v) is 7.30. The second-order valence-electron chi connectivity index (χ2n) is 8.41. The molecule has 144 valence electrons. The smallest absolute Gasteiger partial charge is 0.115 e. The van der Waals surface area contributed by atoms with Gasteiger partial charge in [0.15, 0.2) is 0 Å². The molecule has 1 fully saturated rings. The summed E-state index contributed by atoms with van der Waals surface area (Å²) >= 11 is 3.63. The molecule has 0 radical (unpaired) electrons. The van der Waals surface area contributed by atoms with E-state index in [1.165, 1.54) is 0 Å². The van der Waals surface area contributed by atoms with Crippen LogP contribution in [0.4, 0.5) is 0 Å². The topological polar surface area (TPSA) is 56.6 Å². The summed E-state index contributed by atoms with van der Waals surface area (Å²) in [5.74, 6) is 0.244. The van der Waals surface area contributed by atoms with Gasteiger partial charge in [0, 0.05) is 40.4 Å². The van der Waals surface area contributed by atoms with Gasteiger partial charge in [0.1, 0.15) is 5.75 Å². The molecular weight excluding hydrogens is 416 g/mol. The van der Waals surface area contributed by atoms with Gasteiger partial charge < -0.3 is 15.1 Å². The fourth-order valence-corrected chi connectivity index (χ4v) is 5.71. The van der Waals surface area contributed by atoms with Crippen LogP contribution in [0.25, 0.3) is 10.9 Å². The van der Waals surface area contributed by atoms with Crippen molar-refractivity contribution in [1.29, 1.82) is 0 Å². The van der Waals surface area contributed by atoms with Crippen molar-refractivity contribution in [2.45, 2.75) is 30.3 Å². The number of likely N-dealkylation sites (N-methyl/N-ethyl adjacent to an activating group) is 1. The molecule has 1 aromatic heterocycles. The summed E-state index contributed by atoms with van der Waals surface area (Å²) in [6.45, 7) is 1.52. The maximum atomic E-state index is 12.0. The third kappa shape index (κ3) is 2.60. The highest BCUT2D eigenvalue weighted by Gasteiger charge is 2.57. The minimum absolute atomic E-state index is 0.244. The minimum Gasteiger partial charge on any atom is -0.508 e. The van der Waals surface area contributed by atoms with E-state index < -0.39 is 11.0 Å². The van der Waals surface area contributed by atoms with E-state index in [2.05, 4.69) is 40.0 Å². The molecule has 0 unspecified atom stereocenters. The zero-order valence-corrected chi connectivity index (χ0v) is 17.4. The van der Waals surface area contributed by atoms with Crippen LogP contribution in [0.2, 0.25) is 0 Å². The van der Waals surface area contributed by atoms with Crippen molar-refractivity contribution in [3.63, 3.8) is 0 Å². The monoisotopic (exact) mass is 438 g/mol. The fraction of sp³-hybridized carbons (Fsp3) is 0.348. The Bertz CT molecular complexity index is 1090. The van der Waals surface area contributed by atoms with Crippen molar-refractivity contribution in [2.24, 2.45) is 0 Å². The number of hydrogen-bond acceptors (Lipinski definition) is 4. The van der Waals surface area contributed by atoms with E-state index >= 15 is 0 Å². The first-order chi connectivity index (χ1) is 13.4. The first-order valence-electron chi connectivity index (χ1n) is 9.68. The predicted octanol–water partition coefficient (Wildman–Crippen LogP) is 3.81. The molecular formula is C23H23BrN2O2. The van der Waals surface area contributed by atoms with Gasteiger partial charge in [-0.3, -0.25) is 4.98 Å². The largest absolute Gasteiger partial charge is 0.508 e. The van der Waals surface area contributed by atoms with E-state index in [0.29, 0.717) is 19.4 Å². The number of para-hydroxylation sites is 1. The van der Waals surface area contributed by atoms with Gasteiger partial charge in [-0.1, -0.05) is 24.3 Å². The average Bonchev–Trinajstić information content (AvgIpc) is 2.65. The van der Waals surface area contributed by atoms with Gasteiger partial charge in [0.05, 0.1) is 11.1 Å². The van der Waals surface area contributed by atoms with Gasteiger partial charge in [0.25, 0.3) is 0 Å². The van der Waals surface area contributed by atoms with Crippen LogP contribution in [0.5, 0.6) is 5.75 Å². The minimum atomic E-state index is -0.901. The Hall–Kier alpha value is -1.95. The number of piperidine rings is 1. The normalized spacial score (nSPS) is 27.4. The van der Waals surface area contributed by atoms with Crippen molar-refractivity contribution in [3.8, 4) is 5.75 Å². The summed E-state index contributed by atoms with van der Waals surface area (Å²) in [5, 5.41) is 23.2. The van der Waals surface area contributed by atoms with Crippen LogP contribution in [0.3, 0.4) is 0 Å². The predicted molar refractivity (Wildman–Crippen MR) is 114 cm³/mol. The number of pyridine rings is 1. The molecule has 5 heteroatoms. The van der Waals surface area contributed by atoms with Crippen molar-refractivity contribution < 1.29 is 10.2 Å². The summed E-state index contributed by atoms with van der Waals surface area (Å²) < 4.78 is 0.989. The second-order valence-corrected chi connectivity index (χ2v) is 9.27. The molecule has 0 saturated carbocycles. The molecule has 3 aromatic rings. The van der Waals surface area contributed by atoms with Crippen LogP contribution in [-0.4, -0.2) is 45.8 Å². The van der Waals surface area contributed by atoms with Gasteiger partial charge in [0.2, 0.25) is 0 Å². The fourth-order valence-electron chi connectivity index (χ4n) is 5.24. The van der Waals surface area contributed by atoms with Gasteiger partial charge in [-0.05, 0) is 71.3 Å². The molecule has 2 N–H and O–H groups in total. The van der Waals surface area contributed by atoms with E-state index in [1.54, 1.807) is 6.07 Å². The lowest BCUT2D eigenvalue weighted by molar-refractivity contribution is -0.0976. The van der Waals surface area contributed by atoms with E-state index in [1.807, 2.05) is 30.3 Å². The molecule has 5 rings (SSSR count). The molecule has 2 aliphatic rings. The Morgan fingerprint density at radius 2 is 1.93 bits per heavy atom. The van der Waals surface area contributed by atoms with Gasteiger partial charge in [-0.2, -0.15) is 0 Å². The van der Waals surface area contributed by atoms with E-state index in [9.17, 15) is 10.2 Å². The highest BCUT2D eigenvalue weighted by atomic mass is 79.9. The number of hydrogen-bond donors (Lipinski definition) is 2. The molecule has 0 spiro atoms. The molecule has 0 bridgehead atoms. The van der Waals surface area contributed by atoms with Crippen molar-refractivity contribution in [1.82, 2.24) is 9.88 Å². The Kier molecular flexibility index (Phi) is 4.06. The number of nitrogens with zero attached hydrogens (tertiary/aromatic N) is 2. The number of halogens is 1. The van der Waals surface area contributed by atoms with Crippen LogP contribution < -0.4 is 0 Å². The number of aromatic hydroxyl groups is 1. The van der Waals surface area contributed by atoms with E-state index in [4.69, 9.17) is 4.98 Å².